The topological polar surface area (TPSA) is 79.6 Å². The highest BCUT2D eigenvalue weighted by Crippen LogP contribution is 2.24. The van der Waals surface area contributed by atoms with E-state index in [4.69, 9.17) is 0 Å². The fraction of sp³-hybridized carbons (Fsp3) is 0.375. The van der Waals surface area contributed by atoms with Crippen molar-refractivity contribution in [2.75, 3.05) is 31.2 Å². The van der Waals surface area contributed by atoms with Crippen LogP contribution in [0.15, 0.2) is 30.5 Å². The van der Waals surface area contributed by atoms with E-state index in [0.29, 0.717) is 26.1 Å². The maximum absolute atomic E-state index is 13.0. The van der Waals surface area contributed by atoms with Crippen LogP contribution in [0.5, 0.6) is 0 Å². The van der Waals surface area contributed by atoms with Crippen molar-refractivity contribution in [2.45, 2.75) is 13.3 Å². The Labute approximate surface area is 155 Å². The summed E-state index contributed by atoms with van der Waals surface area (Å²) in [4.78, 5) is 5.24. The SMILES string of the molecule is CCN(CCCNc1nn2cc(-c3ccc(F)cc3)nc2s1)S(C)(=O)=O. The monoisotopic (exact) mass is 397 g/mol. The molecule has 0 radical (unpaired) electrons. The van der Waals surface area contributed by atoms with Gasteiger partial charge in [-0.3, -0.25) is 0 Å². The van der Waals surface area contributed by atoms with Gasteiger partial charge >= 0.3 is 0 Å². The van der Waals surface area contributed by atoms with Crippen LogP contribution in [-0.2, 0) is 10.0 Å². The summed E-state index contributed by atoms with van der Waals surface area (Å²) in [5, 5.41) is 8.33. The van der Waals surface area contributed by atoms with Gasteiger partial charge in [0.1, 0.15) is 5.82 Å². The predicted molar refractivity (Wildman–Crippen MR) is 101 cm³/mol. The van der Waals surface area contributed by atoms with E-state index in [9.17, 15) is 12.8 Å². The summed E-state index contributed by atoms with van der Waals surface area (Å²) >= 11 is 1.41. The van der Waals surface area contributed by atoms with Crippen molar-refractivity contribution in [3.05, 3.63) is 36.3 Å². The Balaban J connectivity index is 1.58. The fourth-order valence-electron chi connectivity index (χ4n) is 2.54. The average molecular weight is 398 g/mol. The molecule has 0 fully saturated rings. The van der Waals surface area contributed by atoms with Gasteiger partial charge < -0.3 is 5.32 Å². The van der Waals surface area contributed by atoms with Crippen LogP contribution >= 0.6 is 11.3 Å². The van der Waals surface area contributed by atoms with E-state index in [2.05, 4.69) is 15.4 Å². The molecule has 0 saturated carbocycles. The largest absolute Gasteiger partial charge is 0.360 e. The molecule has 0 atom stereocenters. The van der Waals surface area contributed by atoms with Crippen molar-refractivity contribution in [1.29, 1.82) is 0 Å². The molecule has 140 valence electrons. The van der Waals surface area contributed by atoms with Crippen LogP contribution in [0.1, 0.15) is 13.3 Å². The highest BCUT2D eigenvalue weighted by molar-refractivity contribution is 7.88. The molecular formula is C16H20FN5O2S2. The molecule has 2 heterocycles. The third-order valence-electron chi connectivity index (χ3n) is 3.87. The highest BCUT2D eigenvalue weighted by Gasteiger charge is 2.14. The van der Waals surface area contributed by atoms with Gasteiger partial charge in [0.15, 0.2) is 0 Å². The lowest BCUT2D eigenvalue weighted by atomic mass is 10.2. The van der Waals surface area contributed by atoms with Gasteiger partial charge in [-0.05, 0) is 30.7 Å². The molecule has 0 spiro atoms. The van der Waals surface area contributed by atoms with Gasteiger partial charge in [-0.1, -0.05) is 18.3 Å². The van der Waals surface area contributed by atoms with Crippen molar-refractivity contribution in [1.82, 2.24) is 18.9 Å². The third kappa shape index (κ3) is 4.37. The minimum atomic E-state index is -3.15. The molecule has 7 nitrogen and oxygen atoms in total. The Kier molecular flexibility index (Phi) is 5.54. The first-order chi connectivity index (χ1) is 12.4. The Morgan fingerprint density at radius 1 is 1.31 bits per heavy atom. The molecular weight excluding hydrogens is 377 g/mol. The van der Waals surface area contributed by atoms with Crippen molar-refractivity contribution in [3.8, 4) is 11.3 Å². The van der Waals surface area contributed by atoms with E-state index in [0.717, 1.165) is 21.3 Å². The standard InChI is InChI=1S/C16H20FN5O2S2/c1-3-21(26(2,23)24)10-4-9-18-15-20-22-11-14(19-16(22)25-15)12-5-7-13(17)8-6-12/h5-8,11H,3-4,9-10H2,1-2H3,(H,18,20). The quantitative estimate of drug-likeness (QED) is 0.591. The van der Waals surface area contributed by atoms with Gasteiger partial charge in [0, 0.05) is 25.2 Å². The van der Waals surface area contributed by atoms with Gasteiger partial charge in [0.05, 0.1) is 18.1 Å². The summed E-state index contributed by atoms with van der Waals surface area (Å²) in [5.74, 6) is -0.281. The molecule has 0 aliphatic rings. The van der Waals surface area contributed by atoms with Crippen LogP contribution in [0.2, 0.25) is 0 Å². The third-order valence-corrected chi connectivity index (χ3v) is 6.12. The highest BCUT2D eigenvalue weighted by atomic mass is 32.2. The number of imidazole rings is 1. The number of halogens is 1. The van der Waals surface area contributed by atoms with Gasteiger partial charge in [-0.15, -0.1) is 5.10 Å². The number of hydrogen-bond acceptors (Lipinski definition) is 6. The molecule has 0 amide bonds. The fourth-order valence-corrected chi connectivity index (χ4v) is 4.28. The number of nitrogens with one attached hydrogen (secondary N) is 1. The number of nitrogens with zero attached hydrogens (tertiary/aromatic N) is 4. The molecule has 2 aromatic heterocycles. The molecule has 0 saturated heterocycles. The van der Waals surface area contributed by atoms with Crippen LogP contribution in [-0.4, -0.2) is 53.2 Å². The lowest BCUT2D eigenvalue weighted by molar-refractivity contribution is 0.428. The minimum absolute atomic E-state index is 0.281. The van der Waals surface area contributed by atoms with Gasteiger partial charge in [-0.25, -0.2) is 26.6 Å². The zero-order valence-corrected chi connectivity index (χ0v) is 16.1. The van der Waals surface area contributed by atoms with Crippen LogP contribution < -0.4 is 5.32 Å². The Morgan fingerprint density at radius 2 is 2.04 bits per heavy atom. The second-order valence-electron chi connectivity index (χ2n) is 5.80. The molecule has 0 aliphatic carbocycles. The van der Waals surface area contributed by atoms with Crippen LogP contribution in [0, 0.1) is 5.82 Å². The number of benzene rings is 1. The predicted octanol–water partition coefficient (Wildman–Crippen LogP) is 2.68. The molecule has 0 bridgehead atoms. The first-order valence-electron chi connectivity index (χ1n) is 8.18. The molecule has 1 N–H and O–H groups in total. The zero-order valence-electron chi connectivity index (χ0n) is 14.5. The summed E-state index contributed by atoms with van der Waals surface area (Å²) in [6, 6.07) is 6.17. The summed E-state index contributed by atoms with van der Waals surface area (Å²) in [7, 11) is -3.15. The van der Waals surface area contributed by atoms with Crippen molar-refractivity contribution in [2.24, 2.45) is 0 Å². The summed E-state index contributed by atoms with van der Waals surface area (Å²) in [6.45, 7) is 3.38. The van der Waals surface area contributed by atoms with Crippen LogP contribution in [0.3, 0.4) is 0 Å². The van der Waals surface area contributed by atoms with Crippen molar-refractivity contribution >= 4 is 31.5 Å². The zero-order chi connectivity index (χ0) is 18.7. The Bertz CT molecular complexity index is 950. The lowest BCUT2D eigenvalue weighted by Gasteiger charge is -2.17. The maximum Gasteiger partial charge on any atom is 0.214 e. The van der Waals surface area contributed by atoms with Gasteiger partial charge in [0.2, 0.25) is 20.1 Å². The van der Waals surface area contributed by atoms with E-state index in [-0.39, 0.29) is 5.82 Å². The van der Waals surface area contributed by atoms with Crippen LogP contribution in [0.4, 0.5) is 9.52 Å². The molecule has 3 aromatic rings. The number of anilines is 1. The minimum Gasteiger partial charge on any atom is -0.360 e. The van der Waals surface area contributed by atoms with E-state index < -0.39 is 10.0 Å². The van der Waals surface area contributed by atoms with E-state index in [1.165, 1.54) is 34.0 Å². The summed E-state index contributed by atoms with van der Waals surface area (Å²) in [6.07, 6.45) is 3.70. The number of rotatable bonds is 8. The van der Waals surface area contributed by atoms with E-state index in [1.807, 2.05) is 6.92 Å². The lowest BCUT2D eigenvalue weighted by Crippen LogP contribution is -2.31. The molecule has 26 heavy (non-hydrogen) atoms. The summed E-state index contributed by atoms with van der Waals surface area (Å²) in [5.41, 5.74) is 1.57. The number of sulfonamides is 1. The van der Waals surface area contributed by atoms with Crippen LogP contribution in [0.25, 0.3) is 16.2 Å². The first kappa shape index (κ1) is 18.7. The average Bonchev–Trinajstić information content (AvgIpc) is 3.12. The molecule has 0 aliphatic heterocycles. The Hall–Kier alpha value is -2.04. The number of fused-ring (bicyclic) bond motifs is 1. The van der Waals surface area contributed by atoms with Crippen molar-refractivity contribution < 1.29 is 12.8 Å². The van der Waals surface area contributed by atoms with Crippen molar-refractivity contribution in [3.63, 3.8) is 0 Å². The summed E-state index contributed by atoms with van der Waals surface area (Å²) < 4.78 is 39.2. The normalized spacial score (nSPS) is 12.2. The smallest absolute Gasteiger partial charge is 0.214 e. The molecule has 10 heteroatoms. The number of aromatic nitrogens is 3. The second-order valence-corrected chi connectivity index (χ2v) is 8.74. The number of hydrogen-bond donors (Lipinski definition) is 1. The molecule has 3 rings (SSSR count). The van der Waals surface area contributed by atoms with E-state index >= 15 is 0 Å². The Morgan fingerprint density at radius 3 is 2.65 bits per heavy atom. The second kappa shape index (κ2) is 7.68. The first-order valence-corrected chi connectivity index (χ1v) is 10.8. The van der Waals surface area contributed by atoms with Gasteiger partial charge in [0.25, 0.3) is 0 Å². The maximum atomic E-state index is 13.0. The van der Waals surface area contributed by atoms with E-state index in [1.54, 1.807) is 22.8 Å². The van der Waals surface area contributed by atoms with Gasteiger partial charge in [-0.2, -0.15) is 0 Å². The molecule has 0 unspecified atom stereocenters. The molecule has 1 aromatic carbocycles.